The summed E-state index contributed by atoms with van der Waals surface area (Å²) in [5, 5.41) is 0. The molecule has 0 bridgehead atoms. The maximum Gasteiger partial charge on any atom is 0.290 e. The van der Waals surface area contributed by atoms with Gasteiger partial charge < -0.3 is 5.73 Å². The van der Waals surface area contributed by atoms with Crippen LogP contribution in [0.25, 0.3) is 5.57 Å². The van der Waals surface area contributed by atoms with Crippen LogP contribution in [-0.4, -0.2) is 18.7 Å². The van der Waals surface area contributed by atoms with Crippen LogP contribution in [-0.2, 0) is 16.1 Å². The summed E-state index contributed by atoms with van der Waals surface area (Å²) in [4.78, 5) is 23.6. The highest BCUT2D eigenvalue weighted by molar-refractivity contribution is 9.10. The topological polar surface area (TPSA) is 60.2 Å². The first kappa shape index (κ1) is 15.6. The fourth-order valence-electron chi connectivity index (χ4n) is 3.00. The molecule has 3 rings (SSSR count). The van der Waals surface area contributed by atoms with E-state index in [0.29, 0.717) is 16.6 Å². The van der Waals surface area contributed by atoms with Gasteiger partial charge in [-0.25, -0.2) is 0 Å². The largest absolute Gasteiger partial charge is 0.363 e. The summed E-state index contributed by atoms with van der Waals surface area (Å²) in [5.74, 6) is -1.59. The summed E-state index contributed by atoms with van der Waals surface area (Å²) in [7, 11) is 2.01. The molecule has 5 heteroatoms. The summed E-state index contributed by atoms with van der Waals surface area (Å²) in [5.41, 5.74) is 8.44. The molecule has 2 N–H and O–H groups in total. The van der Waals surface area contributed by atoms with Crippen molar-refractivity contribution in [2.24, 2.45) is 5.73 Å². The Balaban J connectivity index is 2.11. The lowest BCUT2D eigenvalue weighted by Gasteiger charge is -2.27. The van der Waals surface area contributed by atoms with Crippen molar-refractivity contribution in [2.45, 2.75) is 6.54 Å². The second-order valence-electron chi connectivity index (χ2n) is 5.81. The molecule has 116 valence electrons. The molecular formula is C18H16BrN2O2+. The van der Waals surface area contributed by atoms with E-state index in [9.17, 15) is 9.59 Å². The Morgan fingerprint density at radius 1 is 1.13 bits per heavy atom. The molecule has 1 aliphatic heterocycles. The summed E-state index contributed by atoms with van der Waals surface area (Å²) >= 11 is 3.42. The first-order chi connectivity index (χ1) is 10.9. The van der Waals surface area contributed by atoms with Crippen molar-refractivity contribution in [1.29, 1.82) is 0 Å². The second kappa shape index (κ2) is 5.76. The van der Waals surface area contributed by atoms with Crippen LogP contribution in [0.2, 0.25) is 0 Å². The van der Waals surface area contributed by atoms with Crippen LogP contribution in [0.5, 0.6) is 0 Å². The van der Waals surface area contributed by atoms with Crippen molar-refractivity contribution in [1.82, 2.24) is 4.48 Å². The Kier molecular flexibility index (Phi) is 3.92. The van der Waals surface area contributed by atoms with Gasteiger partial charge in [0.1, 0.15) is 18.4 Å². The SMILES string of the molecule is C[N+]1(Cc2ccccc2)C=C(C(=O)C(N)=O)c2cc(Br)ccc21. The zero-order valence-electron chi connectivity index (χ0n) is 12.6. The molecule has 2 aromatic carbocycles. The lowest BCUT2D eigenvalue weighted by atomic mass is 10.0. The van der Waals surface area contributed by atoms with E-state index in [2.05, 4.69) is 15.9 Å². The average Bonchev–Trinajstić information content (AvgIpc) is 2.79. The van der Waals surface area contributed by atoms with Gasteiger partial charge >= 0.3 is 0 Å². The third-order valence-corrected chi connectivity index (χ3v) is 4.53. The van der Waals surface area contributed by atoms with E-state index in [0.717, 1.165) is 21.3 Å². The highest BCUT2D eigenvalue weighted by Gasteiger charge is 2.39. The van der Waals surface area contributed by atoms with E-state index in [-0.39, 0.29) is 0 Å². The molecule has 1 heterocycles. The molecule has 0 saturated carbocycles. The van der Waals surface area contributed by atoms with Crippen LogP contribution in [0.1, 0.15) is 11.1 Å². The number of fused-ring (bicyclic) bond motifs is 1. The van der Waals surface area contributed by atoms with Crippen LogP contribution in [0.15, 0.2) is 59.2 Å². The minimum atomic E-state index is -0.935. The minimum Gasteiger partial charge on any atom is -0.363 e. The summed E-state index contributed by atoms with van der Waals surface area (Å²) in [6.45, 7) is 0.686. The number of hydrogen-bond donors (Lipinski definition) is 1. The molecular weight excluding hydrogens is 356 g/mol. The highest BCUT2D eigenvalue weighted by atomic mass is 79.9. The molecule has 4 nitrogen and oxygen atoms in total. The maximum atomic E-state index is 12.2. The predicted octanol–water partition coefficient (Wildman–Crippen LogP) is 3.00. The Morgan fingerprint density at radius 2 is 1.83 bits per heavy atom. The fraction of sp³-hybridized carbons (Fsp3) is 0.111. The smallest absolute Gasteiger partial charge is 0.290 e. The number of nitrogens with zero attached hydrogens (tertiary/aromatic N) is 1. The summed E-state index contributed by atoms with van der Waals surface area (Å²) < 4.78 is 1.27. The van der Waals surface area contributed by atoms with Crippen LogP contribution in [0.4, 0.5) is 5.69 Å². The monoisotopic (exact) mass is 371 g/mol. The molecule has 1 amide bonds. The predicted molar refractivity (Wildman–Crippen MR) is 94.2 cm³/mol. The zero-order valence-corrected chi connectivity index (χ0v) is 14.2. The molecule has 0 radical (unpaired) electrons. The average molecular weight is 372 g/mol. The van der Waals surface area contributed by atoms with E-state index in [1.165, 1.54) is 0 Å². The number of amides is 1. The van der Waals surface area contributed by atoms with Gasteiger partial charge in [0.15, 0.2) is 0 Å². The van der Waals surface area contributed by atoms with Crippen LogP contribution in [0.3, 0.4) is 0 Å². The number of benzene rings is 2. The number of hydrogen-bond acceptors (Lipinski definition) is 2. The molecule has 0 aliphatic carbocycles. The molecule has 1 aliphatic rings. The molecule has 1 unspecified atom stereocenters. The zero-order chi connectivity index (χ0) is 16.6. The van der Waals surface area contributed by atoms with Crippen LogP contribution >= 0.6 is 15.9 Å². The van der Waals surface area contributed by atoms with Gasteiger partial charge in [0, 0.05) is 16.1 Å². The summed E-state index contributed by atoms with van der Waals surface area (Å²) in [6, 6.07) is 15.8. The first-order valence-corrected chi connectivity index (χ1v) is 7.97. The van der Waals surface area contributed by atoms with Crippen molar-refractivity contribution in [3.05, 3.63) is 70.3 Å². The Bertz CT molecular complexity index is 830. The van der Waals surface area contributed by atoms with E-state index in [4.69, 9.17) is 5.73 Å². The van der Waals surface area contributed by atoms with Gasteiger partial charge in [0.25, 0.3) is 11.7 Å². The van der Waals surface area contributed by atoms with Gasteiger partial charge in [-0.3, -0.25) is 14.1 Å². The van der Waals surface area contributed by atoms with Crippen molar-refractivity contribution < 1.29 is 9.59 Å². The molecule has 0 aromatic heterocycles. The number of ketones is 1. The standard InChI is InChI=1S/C18H15BrN2O2/c1-21(10-12-5-3-2-4-6-12)11-15(17(22)18(20)23)14-9-13(19)7-8-16(14)21/h2-9,11H,10H2,1H3,(H-,20,23)/p+1. The Hall–Kier alpha value is -2.24. The summed E-state index contributed by atoms with van der Waals surface area (Å²) in [6.07, 6.45) is 1.82. The van der Waals surface area contributed by atoms with Crippen LogP contribution in [0, 0.1) is 0 Å². The number of quaternary nitrogens is 1. The lowest BCUT2D eigenvalue weighted by molar-refractivity contribution is -0.132. The van der Waals surface area contributed by atoms with Crippen molar-refractivity contribution in [2.75, 3.05) is 7.05 Å². The number of rotatable bonds is 4. The molecule has 23 heavy (non-hydrogen) atoms. The maximum absolute atomic E-state index is 12.2. The third-order valence-electron chi connectivity index (χ3n) is 4.04. The van der Waals surface area contributed by atoms with Gasteiger partial charge in [-0.2, -0.15) is 0 Å². The van der Waals surface area contributed by atoms with E-state index >= 15 is 0 Å². The lowest BCUT2D eigenvalue weighted by Crippen LogP contribution is -2.36. The van der Waals surface area contributed by atoms with Crippen molar-refractivity contribution >= 4 is 38.9 Å². The van der Waals surface area contributed by atoms with Gasteiger partial charge in [-0.15, -0.1) is 0 Å². The quantitative estimate of drug-likeness (QED) is 0.663. The molecule has 0 saturated heterocycles. The minimum absolute atomic E-state index is 0.368. The molecule has 2 aromatic rings. The number of carbonyl (C=O) groups excluding carboxylic acids is 2. The molecule has 0 fully saturated rings. The van der Waals surface area contributed by atoms with Gasteiger partial charge in [0.05, 0.1) is 18.2 Å². The molecule has 0 spiro atoms. The Morgan fingerprint density at radius 3 is 2.48 bits per heavy atom. The van der Waals surface area contributed by atoms with Gasteiger partial charge in [-0.05, 0) is 12.1 Å². The number of halogens is 1. The third kappa shape index (κ3) is 2.85. The van der Waals surface area contributed by atoms with Crippen LogP contribution < -0.4 is 10.2 Å². The fourth-order valence-corrected chi connectivity index (χ4v) is 3.36. The van der Waals surface area contributed by atoms with Crippen molar-refractivity contribution in [3.63, 3.8) is 0 Å². The Labute approximate surface area is 142 Å². The molecule has 1 atom stereocenters. The van der Waals surface area contributed by atoms with E-state index < -0.39 is 11.7 Å². The van der Waals surface area contributed by atoms with E-state index in [1.54, 1.807) is 0 Å². The second-order valence-corrected chi connectivity index (χ2v) is 6.72. The highest BCUT2D eigenvalue weighted by Crippen LogP contribution is 2.42. The van der Waals surface area contributed by atoms with Crippen molar-refractivity contribution in [3.8, 4) is 0 Å². The number of nitrogens with two attached hydrogens (primary N) is 1. The first-order valence-electron chi connectivity index (χ1n) is 7.17. The van der Waals surface area contributed by atoms with Gasteiger partial charge in [0.2, 0.25) is 0 Å². The normalized spacial score (nSPS) is 19.1. The number of carbonyl (C=O) groups is 2. The van der Waals surface area contributed by atoms with E-state index in [1.807, 2.05) is 61.8 Å². The van der Waals surface area contributed by atoms with Gasteiger partial charge in [-0.1, -0.05) is 46.3 Å². The number of primary amides is 1. The number of Topliss-reactive ketones (excluding diaryl/α,β-unsaturated/α-hetero) is 1.